The first-order valence-electron chi connectivity index (χ1n) is 5.15. The molecule has 3 aromatic heterocycles. The van der Waals surface area contributed by atoms with Gasteiger partial charge in [0.25, 0.3) is 5.69 Å². The largest absolute Gasteiger partial charge is 0.287 e. The molecule has 0 atom stereocenters. The lowest BCUT2D eigenvalue weighted by Gasteiger charge is -1.91. The minimum Gasteiger partial charge on any atom is -0.265 e. The molecular formula is C11H7N5O2. The number of nitro groups is 1. The highest BCUT2D eigenvalue weighted by Crippen LogP contribution is 2.17. The van der Waals surface area contributed by atoms with Crippen LogP contribution in [0.2, 0.25) is 0 Å². The van der Waals surface area contributed by atoms with Gasteiger partial charge in [-0.1, -0.05) is 0 Å². The van der Waals surface area contributed by atoms with Crippen molar-refractivity contribution in [1.29, 1.82) is 0 Å². The summed E-state index contributed by atoms with van der Waals surface area (Å²) in [5, 5.41) is 14.9. The Kier molecular flexibility index (Phi) is 2.23. The van der Waals surface area contributed by atoms with Gasteiger partial charge >= 0.3 is 0 Å². The first-order chi connectivity index (χ1) is 8.74. The van der Waals surface area contributed by atoms with Crippen LogP contribution in [0.25, 0.3) is 17.0 Å². The number of hydrogen-bond donors (Lipinski definition) is 0. The zero-order chi connectivity index (χ0) is 12.5. The van der Waals surface area contributed by atoms with Crippen molar-refractivity contribution in [3.63, 3.8) is 0 Å². The van der Waals surface area contributed by atoms with Gasteiger partial charge in [0.15, 0.2) is 11.5 Å². The highest BCUT2D eigenvalue weighted by Gasteiger charge is 2.10. The van der Waals surface area contributed by atoms with Crippen LogP contribution in [-0.4, -0.2) is 24.5 Å². The van der Waals surface area contributed by atoms with Crippen LogP contribution >= 0.6 is 0 Å². The molecule has 0 N–H and O–H groups in total. The number of rotatable bonds is 2. The number of aromatic nitrogens is 4. The molecule has 3 rings (SSSR count). The predicted octanol–water partition coefficient (Wildman–Crippen LogP) is 1.70. The second-order valence-corrected chi connectivity index (χ2v) is 3.62. The van der Waals surface area contributed by atoms with Crippen molar-refractivity contribution in [1.82, 2.24) is 19.6 Å². The molecule has 0 bridgehead atoms. The lowest BCUT2D eigenvalue weighted by atomic mass is 10.3. The van der Waals surface area contributed by atoms with Crippen LogP contribution in [0, 0.1) is 10.1 Å². The van der Waals surface area contributed by atoms with Gasteiger partial charge in [-0.05, 0) is 18.2 Å². The van der Waals surface area contributed by atoms with E-state index >= 15 is 0 Å². The zero-order valence-electron chi connectivity index (χ0n) is 9.09. The molecule has 0 unspecified atom stereocenters. The van der Waals surface area contributed by atoms with Gasteiger partial charge in [0.2, 0.25) is 0 Å². The summed E-state index contributed by atoms with van der Waals surface area (Å²) in [6.45, 7) is 0. The number of hydrogen-bond acceptors (Lipinski definition) is 5. The van der Waals surface area contributed by atoms with Crippen LogP contribution in [0.1, 0.15) is 0 Å². The molecule has 0 fully saturated rings. The minimum absolute atomic E-state index is 0.0197. The average Bonchev–Trinajstić information content (AvgIpc) is 2.82. The monoisotopic (exact) mass is 241 g/mol. The van der Waals surface area contributed by atoms with E-state index in [1.807, 2.05) is 0 Å². The molecule has 0 saturated heterocycles. The maximum Gasteiger partial charge on any atom is 0.287 e. The van der Waals surface area contributed by atoms with Crippen LogP contribution in [0.5, 0.6) is 0 Å². The molecule has 7 nitrogen and oxygen atoms in total. The van der Waals surface area contributed by atoms with Gasteiger partial charge in [0, 0.05) is 24.0 Å². The van der Waals surface area contributed by atoms with Crippen molar-refractivity contribution >= 4 is 11.3 Å². The normalized spacial score (nSPS) is 10.7. The second-order valence-electron chi connectivity index (χ2n) is 3.62. The van der Waals surface area contributed by atoms with Crippen molar-refractivity contribution in [3.05, 3.63) is 53.0 Å². The van der Waals surface area contributed by atoms with Crippen molar-refractivity contribution in [2.24, 2.45) is 0 Å². The van der Waals surface area contributed by atoms with Crippen LogP contribution in [0.4, 0.5) is 5.69 Å². The van der Waals surface area contributed by atoms with Gasteiger partial charge in [0.1, 0.15) is 6.20 Å². The topological polar surface area (TPSA) is 86.2 Å². The molecule has 0 aliphatic heterocycles. The molecule has 0 aliphatic carbocycles. The van der Waals surface area contributed by atoms with E-state index in [1.54, 1.807) is 30.6 Å². The summed E-state index contributed by atoms with van der Waals surface area (Å²) in [6, 6.07) is 6.53. The third-order valence-electron chi connectivity index (χ3n) is 2.46. The standard InChI is InChI=1S/C11H7N5O2/c17-16(18)9-1-2-10-13-11(14-15(10)7-9)8-3-5-12-6-4-8/h1-7H. The molecule has 0 spiro atoms. The fraction of sp³-hybridized carbons (Fsp3) is 0. The molecule has 7 heteroatoms. The molecule has 0 amide bonds. The summed E-state index contributed by atoms with van der Waals surface area (Å²) < 4.78 is 1.40. The summed E-state index contributed by atoms with van der Waals surface area (Å²) in [5.74, 6) is 0.512. The Morgan fingerprint density at radius 1 is 1.17 bits per heavy atom. The average molecular weight is 241 g/mol. The van der Waals surface area contributed by atoms with E-state index in [0.29, 0.717) is 11.5 Å². The first-order valence-corrected chi connectivity index (χ1v) is 5.15. The molecule has 3 heterocycles. The summed E-state index contributed by atoms with van der Waals surface area (Å²) in [7, 11) is 0. The van der Waals surface area contributed by atoms with Crippen LogP contribution in [0.3, 0.4) is 0 Å². The van der Waals surface area contributed by atoms with Gasteiger partial charge < -0.3 is 0 Å². The van der Waals surface area contributed by atoms with Crippen LogP contribution in [-0.2, 0) is 0 Å². The van der Waals surface area contributed by atoms with Gasteiger partial charge in [-0.15, -0.1) is 5.10 Å². The van der Waals surface area contributed by atoms with E-state index in [0.717, 1.165) is 5.56 Å². The van der Waals surface area contributed by atoms with Crippen LogP contribution in [0.15, 0.2) is 42.9 Å². The maximum absolute atomic E-state index is 10.7. The first kappa shape index (κ1) is 10.3. The van der Waals surface area contributed by atoms with Crippen molar-refractivity contribution in [2.45, 2.75) is 0 Å². The Morgan fingerprint density at radius 3 is 2.67 bits per heavy atom. The Hall–Kier alpha value is -2.83. The fourth-order valence-electron chi connectivity index (χ4n) is 1.60. The zero-order valence-corrected chi connectivity index (χ0v) is 9.09. The van der Waals surface area contributed by atoms with Crippen molar-refractivity contribution in [3.8, 4) is 11.4 Å². The molecular weight excluding hydrogens is 234 g/mol. The van der Waals surface area contributed by atoms with E-state index in [-0.39, 0.29) is 5.69 Å². The van der Waals surface area contributed by atoms with Crippen molar-refractivity contribution in [2.75, 3.05) is 0 Å². The number of pyridine rings is 2. The summed E-state index contributed by atoms with van der Waals surface area (Å²) in [4.78, 5) is 18.4. The molecule has 18 heavy (non-hydrogen) atoms. The highest BCUT2D eigenvalue weighted by atomic mass is 16.6. The van der Waals surface area contributed by atoms with E-state index in [9.17, 15) is 10.1 Å². The quantitative estimate of drug-likeness (QED) is 0.503. The Labute approximate surface area is 101 Å². The lowest BCUT2D eigenvalue weighted by molar-refractivity contribution is -0.385. The number of fused-ring (bicyclic) bond motifs is 1. The van der Waals surface area contributed by atoms with E-state index < -0.39 is 4.92 Å². The van der Waals surface area contributed by atoms with Gasteiger partial charge in [-0.25, -0.2) is 9.50 Å². The molecule has 0 aromatic carbocycles. The van der Waals surface area contributed by atoms with Crippen molar-refractivity contribution < 1.29 is 4.92 Å². The van der Waals surface area contributed by atoms with E-state index in [4.69, 9.17) is 0 Å². The summed E-state index contributed by atoms with van der Waals surface area (Å²) in [5.41, 5.74) is 1.36. The SMILES string of the molecule is O=[N+]([O-])c1ccc2nc(-c3ccncc3)nn2c1. The highest BCUT2D eigenvalue weighted by molar-refractivity contribution is 5.57. The summed E-state index contributed by atoms with van der Waals surface area (Å²) >= 11 is 0. The predicted molar refractivity (Wildman–Crippen MR) is 62.9 cm³/mol. The smallest absolute Gasteiger partial charge is 0.265 e. The second kappa shape index (κ2) is 3.88. The fourth-order valence-corrected chi connectivity index (χ4v) is 1.60. The van der Waals surface area contributed by atoms with Gasteiger partial charge in [-0.3, -0.25) is 15.1 Å². The molecule has 0 aliphatic rings. The molecule has 3 aromatic rings. The third kappa shape index (κ3) is 1.67. The molecule has 0 saturated carbocycles. The Balaban J connectivity index is 2.14. The van der Waals surface area contributed by atoms with E-state index in [1.165, 1.54) is 16.8 Å². The van der Waals surface area contributed by atoms with Gasteiger partial charge in [-0.2, -0.15) is 0 Å². The number of nitrogens with zero attached hydrogens (tertiary/aromatic N) is 5. The van der Waals surface area contributed by atoms with Crippen LogP contribution < -0.4 is 0 Å². The molecule has 88 valence electrons. The lowest BCUT2D eigenvalue weighted by Crippen LogP contribution is -1.92. The molecule has 0 radical (unpaired) electrons. The maximum atomic E-state index is 10.7. The minimum atomic E-state index is -0.465. The Bertz CT molecular complexity index is 723. The Morgan fingerprint density at radius 2 is 1.94 bits per heavy atom. The summed E-state index contributed by atoms with van der Waals surface area (Å²) in [6.07, 6.45) is 4.62. The van der Waals surface area contributed by atoms with Gasteiger partial charge in [0.05, 0.1) is 4.92 Å². The third-order valence-corrected chi connectivity index (χ3v) is 2.46. The van der Waals surface area contributed by atoms with E-state index in [2.05, 4.69) is 15.1 Å².